The third-order valence-corrected chi connectivity index (χ3v) is 3.51. The number of carbonyl (C=O) groups excluding carboxylic acids is 1. The number of urea groups is 1. The Morgan fingerprint density at radius 3 is 2.65 bits per heavy atom. The highest BCUT2D eigenvalue weighted by atomic mass is 16.2. The first-order valence-corrected chi connectivity index (χ1v) is 7.41. The van der Waals surface area contributed by atoms with E-state index in [1.54, 1.807) is 6.20 Å². The Morgan fingerprint density at radius 1 is 1.26 bits per heavy atom. The van der Waals surface area contributed by atoms with Crippen LogP contribution in [0.5, 0.6) is 0 Å². The second-order valence-electron chi connectivity index (χ2n) is 5.20. The van der Waals surface area contributed by atoms with E-state index in [1.807, 2.05) is 49.4 Å². The number of nitrogens with two attached hydrogens (primary N) is 1. The molecule has 2 aromatic rings. The van der Waals surface area contributed by atoms with Crippen molar-refractivity contribution in [2.75, 3.05) is 6.54 Å². The summed E-state index contributed by atoms with van der Waals surface area (Å²) in [6.07, 6.45) is 2.26. The standard InChI is InChI=1S/C17H21N5O/c1-13-6-5-10-20-15(13)9-11-22(16(18)19)17(23)21-12-14-7-3-2-4-8-14/h2-8,10H,9,11-12H2,1H3,(H3,18,19)(H,21,23). The fourth-order valence-electron chi connectivity index (χ4n) is 2.20. The summed E-state index contributed by atoms with van der Waals surface area (Å²) in [6, 6.07) is 13.1. The molecule has 0 fully saturated rings. The average molecular weight is 311 g/mol. The lowest BCUT2D eigenvalue weighted by Crippen LogP contribution is -2.47. The van der Waals surface area contributed by atoms with Crippen molar-refractivity contribution in [3.8, 4) is 0 Å². The van der Waals surface area contributed by atoms with Crippen molar-refractivity contribution in [1.82, 2.24) is 15.2 Å². The average Bonchev–Trinajstić information content (AvgIpc) is 2.55. The van der Waals surface area contributed by atoms with Crippen LogP contribution in [0.25, 0.3) is 0 Å². The van der Waals surface area contributed by atoms with Gasteiger partial charge in [0.25, 0.3) is 0 Å². The molecule has 0 unspecified atom stereocenters. The van der Waals surface area contributed by atoms with Crippen LogP contribution in [-0.2, 0) is 13.0 Å². The van der Waals surface area contributed by atoms with Gasteiger partial charge in [-0.3, -0.25) is 15.3 Å². The first kappa shape index (κ1) is 16.5. The summed E-state index contributed by atoms with van der Waals surface area (Å²) in [5, 5.41) is 10.4. The molecule has 1 aromatic carbocycles. The first-order chi connectivity index (χ1) is 11.1. The van der Waals surface area contributed by atoms with Gasteiger partial charge in [0.05, 0.1) is 0 Å². The lowest BCUT2D eigenvalue weighted by atomic mass is 10.1. The SMILES string of the molecule is Cc1cccnc1CCN(C(=N)N)C(=O)NCc1ccccc1. The van der Waals surface area contributed by atoms with Crippen molar-refractivity contribution in [3.63, 3.8) is 0 Å². The fraction of sp³-hybridized carbons (Fsp3) is 0.235. The molecular formula is C17H21N5O. The van der Waals surface area contributed by atoms with E-state index < -0.39 is 0 Å². The van der Waals surface area contributed by atoms with Crippen molar-refractivity contribution in [3.05, 3.63) is 65.5 Å². The Morgan fingerprint density at radius 2 is 2.00 bits per heavy atom. The monoisotopic (exact) mass is 311 g/mol. The van der Waals surface area contributed by atoms with E-state index in [9.17, 15) is 4.79 Å². The largest absolute Gasteiger partial charge is 0.370 e. The zero-order valence-electron chi connectivity index (χ0n) is 13.1. The summed E-state index contributed by atoms with van der Waals surface area (Å²) >= 11 is 0. The van der Waals surface area contributed by atoms with Crippen LogP contribution in [0.15, 0.2) is 48.7 Å². The van der Waals surface area contributed by atoms with Crippen LogP contribution in [0.2, 0.25) is 0 Å². The van der Waals surface area contributed by atoms with E-state index in [-0.39, 0.29) is 12.0 Å². The van der Waals surface area contributed by atoms with Gasteiger partial charge < -0.3 is 11.1 Å². The summed E-state index contributed by atoms with van der Waals surface area (Å²) in [6.45, 7) is 2.68. The van der Waals surface area contributed by atoms with Gasteiger partial charge in [0.1, 0.15) is 0 Å². The molecule has 2 rings (SSSR count). The molecule has 0 bridgehead atoms. The summed E-state index contributed by atoms with van der Waals surface area (Å²) in [7, 11) is 0. The maximum atomic E-state index is 12.2. The topological polar surface area (TPSA) is 95.1 Å². The summed E-state index contributed by atoms with van der Waals surface area (Å²) < 4.78 is 0. The molecule has 2 amide bonds. The number of hydrogen-bond acceptors (Lipinski definition) is 3. The van der Waals surface area contributed by atoms with Crippen LogP contribution < -0.4 is 11.1 Å². The maximum absolute atomic E-state index is 12.2. The molecule has 23 heavy (non-hydrogen) atoms. The number of pyridine rings is 1. The van der Waals surface area contributed by atoms with Crippen LogP contribution in [0.1, 0.15) is 16.8 Å². The minimum absolute atomic E-state index is 0.274. The highest BCUT2D eigenvalue weighted by molar-refractivity contribution is 5.93. The van der Waals surface area contributed by atoms with Gasteiger partial charge in [-0.25, -0.2) is 4.79 Å². The number of benzene rings is 1. The highest BCUT2D eigenvalue weighted by Gasteiger charge is 2.16. The molecule has 0 radical (unpaired) electrons. The Balaban J connectivity index is 1.94. The number of nitrogens with one attached hydrogen (secondary N) is 2. The van der Waals surface area contributed by atoms with E-state index >= 15 is 0 Å². The molecule has 1 heterocycles. The van der Waals surface area contributed by atoms with Crippen LogP contribution in [0.3, 0.4) is 0 Å². The van der Waals surface area contributed by atoms with Gasteiger partial charge >= 0.3 is 6.03 Å². The molecule has 0 atom stereocenters. The first-order valence-electron chi connectivity index (χ1n) is 7.41. The van der Waals surface area contributed by atoms with Crippen LogP contribution in [0, 0.1) is 12.3 Å². The van der Waals surface area contributed by atoms with Crippen molar-refractivity contribution < 1.29 is 4.79 Å². The number of amides is 2. The third-order valence-electron chi connectivity index (χ3n) is 3.51. The highest BCUT2D eigenvalue weighted by Crippen LogP contribution is 2.05. The van der Waals surface area contributed by atoms with Crippen molar-refractivity contribution in [2.24, 2.45) is 5.73 Å². The molecule has 0 saturated heterocycles. The number of aromatic nitrogens is 1. The van der Waals surface area contributed by atoms with Crippen molar-refractivity contribution in [2.45, 2.75) is 19.9 Å². The van der Waals surface area contributed by atoms with Gasteiger partial charge in [-0.15, -0.1) is 0 Å². The molecule has 0 aliphatic heterocycles. The Labute approximate surface area is 135 Å². The Bertz CT molecular complexity index is 672. The Hall–Kier alpha value is -2.89. The van der Waals surface area contributed by atoms with E-state index in [0.717, 1.165) is 16.8 Å². The molecule has 120 valence electrons. The summed E-state index contributed by atoms with van der Waals surface area (Å²) in [5.74, 6) is -0.274. The Kier molecular flexibility index (Phi) is 5.68. The molecule has 4 N–H and O–H groups in total. The smallest absolute Gasteiger partial charge is 0.324 e. The fourth-order valence-corrected chi connectivity index (χ4v) is 2.20. The number of aryl methyl sites for hydroxylation is 1. The van der Waals surface area contributed by atoms with Gasteiger partial charge in [0, 0.05) is 31.4 Å². The zero-order valence-corrected chi connectivity index (χ0v) is 13.1. The second-order valence-corrected chi connectivity index (χ2v) is 5.20. The van der Waals surface area contributed by atoms with E-state index in [0.29, 0.717) is 19.5 Å². The lowest BCUT2D eigenvalue weighted by Gasteiger charge is -2.21. The van der Waals surface area contributed by atoms with Gasteiger partial charge in [-0.1, -0.05) is 36.4 Å². The number of nitrogens with zero attached hydrogens (tertiary/aromatic N) is 2. The molecule has 0 saturated carbocycles. The molecule has 6 heteroatoms. The predicted octanol–water partition coefficient (Wildman–Crippen LogP) is 2.04. The quantitative estimate of drug-likeness (QED) is 0.582. The molecule has 0 aliphatic rings. The van der Waals surface area contributed by atoms with Crippen LogP contribution in [0.4, 0.5) is 4.79 Å². The molecule has 6 nitrogen and oxygen atoms in total. The van der Waals surface area contributed by atoms with Gasteiger partial charge in [0.2, 0.25) is 0 Å². The third kappa shape index (κ3) is 4.81. The zero-order chi connectivity index (χ0) is 16.7. The van der Waals surface area contributed by atoms with E-state index in [4.69, 9.17) is 11.1 Å². The number of guanidine groups is 1. The number of rotatable bonds is 5. The van der Waals surface area contributed by atoms with Gasteiger partial charge in [-0.05, 0) is 24.1 Å². The molecular weight excluding hydrogens is 290 g/mol. The van der Waals surface area contributed by atoms with Crippen LogP contribution >= 0.6 is 0 Å². The maximum Gasteiger partial charge on any atom is 0.324 e. The summed E-state index contributed by atoms with van der Waals surface area (Å²) in [4.78, 5) is 17.7. The predicted molar refractivity (Wildman–Crippen MR) is 90.0 cm³/mol. The van der Waals surface area contributed by atoms with Crippen molar-refractivity contribution >= 4 is 12.0 Å². The number of hydrogen-bond donors (Lipinski definition) is 3. The minimum Gasteiger partial charge on any atom is -0.370 e. The van der Waals surface area contributed by atoms with Gasteiger partial charge in [0.15, 0.2) is 5.96 Å². The van der Waals surface area contributed by atoms with E-state index in [1.165, 1.54) is 4.90 Å². The molecule has 0 spiro atoms. The number of carbonyl (C=O) groups is 1. The molecule has 1 aromatic heterocycles. The van der Waals surface area contributed by atoms with Gasteiger partial charge in [-0.2, -0.15) is 0 Å². The minimum atomic E-state index is -0.380. The van der Waals surface area contributed by atoms with Crippen molar-refractivity contribution in [1.29, 1.82) is 5.41 Å². The molecule has 0 aliphatic carbocycles. The second kappa shape index (κ2) is 7.93. The lowest BCUT2D eigenvalue weighted by molar-refractivity contribution is 0.220. The van der Waals surface area contributed by atoms with Crippen LogP contribution in [-0.4, -0.2) is 28.4 Å². The van der Waals surface area contributed by atoms with E-state index in [2.05, 4.69) is 10.3 Å². The summed E-state index contributed by atoms with van der Waals surface area (Å²) in [5.41, 5.74) is 8.48. The normalized spacial score (nSPS) is 10.1.